The average molecular weight is 415 g/mol. The van der Waals surface area contributed by atoms with E-state index in [1.54, 1.807) is 6.92 Å². The molecule has 0 heterocycles. The summed E-state index contributed by atoms with van der Waals surface area (Å²) in [5.41, 5.74) is 3.26. The molecular weight excluding hydrogens is 390 g/mol. The van der Waals surface area contributed by atoms with Crippen molar-refractivity contribution in [1.29, 1.82) is 0 Å². The van der Waals surface area contributed by atoms with Crippen molar-refractivity contribution in [2.75, 3.05) is 13.2 Å². The van der Waals surface area contributed by atoms with Gasteiger partial charge in [-0.05, 0) is 43.0 Å². The first-order valence-corrected chi connectivity index (χ1v) is 9.54. The van der Waals surface area contributed by atoms with Gasteiger partial charge in [-0.2, -0.15) is 5.10 Å². The molecule has 2 rings (SSSR count). The molecular formula is C21H25N3O6. The molecule has 9 heteroatoms. The number of hydrogen-bond donors (Lipinski definition) is 2. The number of phenols is 1. The molecule has 0 radical (unpaired) electrons. The lowest BCUT2D eigenvalue weighted by molar-refractivity contribution is -0.386. The summed E-state index contributed by atoms with van der Waals surface area (Å²) in [7, 11) is 0. The third-order valence-electron chi connectivity index (χ3n) is 4.41. The normalized spacial score (nSPS) is 11.8. The largest absolute Gasteiger partial charge is 0.500 e. The van der Waals surface area contributed by atoms with Crippen LogP contribution in [0.25, 0.3) is 0 Å². The number of nitrogens with one attached hydrogen (secondary N) is 1. The smallest absolute Gasteiger partial charge is 0.315 e. The van der Waals surface area contributed by atoms with Gasteiger partial charge in [-0.1, -0.05) is 26.0 Å². The van der Waals surface area contributed by atoms with Gasteiger partial charge in [0.2, 0.25) is 5.75 Å². The number of phenolic OH excluding ortho intramolecular Hbond substituents is 1. The highest BCUT2D eigenvalue weighted by Gasteiger charge is 2.19. The second-order valence-corrected chi connectivity index (χ2v) is 6.54. The van der Waals surface area contributed by atoms with Crippen LogP contribution in [0.3, 0.4) is 0 Å². The molecule has 0 bridgehead atoms. The molecule has 160 valence electrons. The standard InChI is InChI=1S/C21H25N3O6/c1-4-14(3)16-6-8-17(9-7-16)30-13-20(25)23-22-12-15-10-18(24(27)28)21(26)19(11-15)29-5-2/h6-12,14,26H,4-5,13H2,1-3H3,(H,23,25)/b22-12+/t14-/m0/s1. The summed E-state index contributed by atoms with van der Waals surface area (Å²) in [6, 6.07) is 10.1. The molecule has 2 aromatic carbocycles. The number of rotatable bonds is 10. The highest BCUT2D eigenvalue weighted by Crippen LogP contribution is 2.36. The Labute approximate surface area is 174 Å². The van der Waals surface area contributed by atoms with Gasteiger partial charge in [0, 0.05) is 11.6 Å². The molecule has 0 fully saturated rings. The highest BCUT2D eigenvalue weighted by molar-refractivity contribution is 5.85. The minimum Gasteiger partial charge on any atom is -0.500 e. The van der Waals surface area contributed by atoms with Crippen LogP contribution in [0.15, 0.2) is 41.5 Å². The van der Waals surface area contributed by atoms with Gasteiger partial charge in [0.15, 0.2) is 12.4 Å². The predicted octanol–water partition coefficient (Wildman–Crippen LogP) is 3.74. The van der Waals surface area contributed by atoms with Crippen LogP contribution in [0, 0.1) is 10.1 Å². The van der Waals surface area contributed by atoms with Gasteiger partial charge < -0.3 is 14.6 Å². The minimum absolute atomic E-state index is 0.0383. The molecule has 0 aliphatic carbocycles. The lowest BCUT2D eigenvalue weighted by Crippen LogP contribution is -2.24. The molecule has 1 atom stereocenters. The molecule has 0 spiro atoms. The van der Waals surface area contributed by atoms with E-state index >= 15 is 0 Å². The van der Waals surface area contributed by atoms with Crippen LogP contribution in [0.5, 0.6) is 17.2 Å². The predicted molar refractivity (Wildman–Crippen MR) is 112 cm³/mol. The Bertz CT molecular complexity index is 912. The van der Waals surface area contributed by atoms with E-state index in [4.69, 9.17) is 9.47 Å². The Kier molecular flexibility index (Phi) is 8.16. The molecule has 0 aliphatic heterocycles. The van der Waals surface area contributed by atoms with Crippen molar-refractivity contribution in [2.24, 2.45) is 5.10 Å². The number of nitro benzene ring substituents is 1. The summed E-state index contributed by atoms with van der Waals surface area (Å²) in [5, 5.41) is 24.7. The molecule has 0 unspecified atom stereocenters. The lowest BCUT2D eigenvalue weighted by atomic mass is 9.99. The molecule has 1 amide bonds. The number of aromatic hydroxyl groups is 1. The summed E-state index contributed by atoms with van der Waals surface area (Å²) in [5.74, 6) is -0.0673. The van der Waals surface area contributed by atoms with Crippen molar-refractivity contribution in [3.8, 4) is 17.2 Å². The summed E-state index contributed by atoms with van der Waals surface area (Å²) < 4.78 is 10.6. The average Bonchev–Trinajstić information content (AvgIpc) is 2.74. The number of amides is 1. The van der Waals surface area contributed by atoms with Gasteiger partial charge in [0.1, 0.15) is 5.75 Å². The van der Waals surface area contributed by atoms with Crippen LogP contribution in [0.1, 0.15) is 44.2 Å². The molecule has 2 N–H and O–H groups in total. The van der Waals surface area contributed by atoms with Crippen molar-refractivity contribution in [1.82, 2.24) is 5.43 Å². The van der Waals surface area contributed by atoms with Crippen LogP contribution >= 0.6 is 0 Å². The van der Waals surface area contributed by atoms with Gasteiger partial charge in [-0.25, -0.2) is 5.43 Å². The number of nitro groups is 1. The maximum absolute atomic E-state index is 11.9. The Balaban J connectivity index is 1.95. The molecule has 2 aromatic rings. The fourth-order valence-corrected chi connectivity index (χ4v) is 2.58. The van der Waals surface area contributed by atoms with Gasteiger partial charge in [0.05, 0.1) is 17.7 Å². The van der Waals surface area contributed by atoms with Crippen molar-refractivity contribution >= 4 is 17.8 Å². The minimum atomic E-state index is -0.728. The van der Waals surface area contributed by atoms with Crippen LogP contribution in [0.4, 0.5) is 5.69 Å². The summed E-state index contributed by atoms with van der Waals surface area (Å²) in [4.78, 5) is 22.2. The van der Waals surface area contributed by atoms with E-state index in [0.29, 0.717) is 11.7 Å². The maximum Gasteiger partial charge on any atom is 0.315 e. The molecule has 0 saturated heterocycles. The number of hydrogen-bond acceptors (Lipinski definition) is 7. The third kappa shape index (κ3) is 6.20. The van der Waals surface area contributed by atoms with E-state index in [0.717, 1.165) is 12.5 Å². The fourth-order valence-electron chi connectivity index (χ4n) is 2.58. The van der Waals surface area contributed by atoms with Crippen LogP contribution in [-0.4, -0.2) is 35.4 Å². The number of hydrazone groups is 1. The Hall–Kier alpha value is -3.62. The first kappa shape index (κ1) is 22.7. The number of ether oxygens (including phenoxy) is 2. The second-order valence-electron chi connectivity index (χ2n) is 6.54. The van der Waals surface area contributed by atoms with E-state index in [1.165, 1.54) is 17.8 Å². The van der Waals surface area contributed by atoms with E-state index < -0.39 is 22.3 Å². The molecule has 0 saturated carbocycles. The summed E-state index contributed by atoms with van der Waals surface area (Å²) >= 11 is 0. The number of nitrogens with zero attached hydrogens (tertiary/aromatic N) is 2. The van der Waals surface area contributed by atoms with E-state index in [2.05, 4.69) is 24.4 Å². The topological polar surface area (TPSA) is 123 Å². The zero-order valence-electron chi connectivity index (χ0n) is 17.1. The summed E-state index contributed by atoms with van der Waals surface area (Å²) in [6.45, 7) is 5.93. The van der Waals surface area contributed by atoms with E-state index in [1.807, 2.05) is 24.3 Å². The van der Waals surface area contributed by atoms with E-state index in [-0.39, 0.29) is 24.5 Å². The molecule has 30 heavy (non-hydrogen) atoms. The Morgan fingerprint density at radius 1 is 1.27 bits per heavy atom. The molecule has 0 aromatic heterocycles. The quantitative estimate of drug-likeness (QED) is 0.346. The van der Waals surface area contributed by atoms with Gasteiger partial charge in [-0.3, -0.25) is 14.9 Å². The highest BCUT2D eigenvalue weighted by atomic mass is 16.6. The van der Waals surface area contributed by atoms with Gasteiger partial charge in [-0.15, -0.1) is 0 Å². The first-order valence-electron chi connectivity index (χ1n) is 9.54. The van der Waals surface area contributed by atoms with Crippen LogP contribution in [0.2, 0.25) is 0 Å². The third-order valence-corrected chi connectivity index (χ3v) is 4.41. The van der Waals surface area contributed by atoms with Crippen molar-refractivity contribution in [2.45, 2.75) is 33.1 Å². The van der Waals surface area contributed by atoms with Crippen molar-refractivity contribution < 1.29 is 24.3 Å². The number of carbonyl (C=O) groups excluding carboxylic acids is 1. The lowest BCUT2D eigenvalue weighted by Gasteiger charge is -2.10. The van der Waals surface area contributed by atoms with Crippen molar-refractivity contribution in [3.05, 3.63) is 57.6 Å². The number of benzene rings is 2. The Morgan fingerprint density at radius 3 is 2.57 bits per heavy atom. The number of carbonyl (C=O) groups is 1. The Morgan fingerprint density at radius 2 is 1.97 bits per heavy atom. The zero-order chi connectivity index (χ0) is 22.1. The maximum atomic E-state index is 11.9. The van der Waals surface area contributed by atoms with Crippen molar-refractivity contribution in [3.63, 3.8) is 0 Å². The SMILES string of the molecule is CCOc1cc(/C=N/NC(=O)COc2ccc([C@@H](C)CC)cc2)cc([N+](=O)[O-])c1O. The molecule has 9 nitrogen and oxygen atoms in total. The van der Waals surface area contributed by atoms with Gasteiger partial charge in [0.25, 0.3) is 5.91 Å². The van der Waals surface area contributed by atoms with Crippen LogP contribution in [-0.2, 0) is 4.79 Å². The van der Waals surface area contributed by atoms with Gasteiger partial charge >= 0.3 is 5.69 Å². The molecule has 0 aliphatic rings. The van der Waals surface area contributed by atoms with E-state index in [9.17, 15) is 20.0 Å². The van der Waals surface area contributed by atoms with Crippen LogP contribution < -0.4 is 14.9 Å². The summed E-state index contributed by atoms with van der Waals surface area (Å²) in [6.07, 6.45) is 2.25. The second kappa shape index (κ2) is 10.8. The first-order chi connectivity index (χ1) is 14.3. The zero-order valence-corrected chi connectivity index (χ0v) is 17.1. The monoisotopic (exact) mass is 415 g/mol. The fraction of sp³-hybridized carbons (Fsp3) is 0.333.